The lowest BCUT2D eigenvalue weighted by Crippen LogP contribution is -2.58. The van der Waals surface area contributed by atoms with Crippen molar-refractivity contribution in [2.24, 2.45) is 5.92 Å². The van der Waals surface area contributed by atoms with Crippen LogP contribution in [0.5, 0.6) is 0 Å². The predicted octanol–water partition coefficient (Wildman–Crippen LogP) is 5.48. The summed E-state index contributed by atoms with van der Waals surface area (Å²) >= 11 is 0. The van der Waals surface area contributed by atoms with Crippen LogP contribution in [-0.2, 0) is 15.0 Å². The molecule has 1 spiro atoms. The Morgan fingerprint density at radius 1 is 0.959 bits per heavy atom. The van der Waals surface area contributed by atoms with E-state index in [0.29, 0.717) is 38.0 Å². The van der Waals surface area contributed by atoms with Gasteiger partial charge < -0.3 is 29.9 Å². The molecule has 2 aliphatic carbocycles. The number of imidazole rings is 1. The first-order valence-corrected chi connectivity index (χ1v) is 19.3. The number of hydrogen-bond acceptors (Lipinski definition) is 7. The summed E-state index contributed by atoms with van der Waals surface area (Å²) in [6.07, 6.45) is 13.5. The second-order valence-electron chi connectivity index (χ2n) is 16.1. The molecular weight excluding hydrogens is 612 g/mol. The van der Waals surface area contributed by atoms with Gasteiger partial charge in [-0.3, -0.25) is 9.59 Å². The number of pyridine rings is 1. The molecule has 6 aliphatic rings. The number of benzene rings is 1. The molecule has 0 atom stereocenters. The summed E-state index contributed by atoms with van der Waals surface area (Å²) in [5.41, 5.74) is 5.57. The van der Waals surface area contributed by atoms with Crippen molar-refractivity contribution in [2.45, 2.75) is 114 Å². The molecule has 10 nitrogen and oxygen atoms in total. The molecule has 3 aromatic rings. The number of aromatic nitrogens is 3. The van der Waals surface area contributed by atoms with Gasteiger partial charge in [-0.2, -0.15) is 0 Å². The highest BCUT2D eigenvalue weighted by molar-refractivity contribution is 6.09. The zero-order valence-electron chi connectivity index (χ0n) is 29.3. The molecule has 3 saturated heterocycles. The van der Waals surface area contributed by atoms with Crippen LogP contribution < -0.4 is 15.5 Å². The van der Waals surface area contributed by atoms with E-state index in [1.54, 1.807) is 0 Å². The average molecular weight is 665 g/mol. The molecule has 0 bridgehead atoms. The molecule has 5 fully saturated rings. The maximum absolute atomic E-state index is 14.9. The van der Waals surface area contributed by atoms with Crippen molar-refractivity contribution in [3.05, 3.63) is 36.2 Å². The van der Waals surface area contributed by atoms with E-state index in [9.17, 15) is 9.59 Å². The summed E-state index contributed by atoms with van der Waals surface area (Å²) in [6.45, 7) is 9.87. The molecule has 0 radical (unpaired) electrons. The van der Waals surface area contributed by atoms with E-state index in [0.717, 1.165) is 78.1 Å². The first kappa shape index (κ1) is 31.5. The normalized spacial score (nSPS) is 26.1. The smallest absolute Gasteiger partial charge is 0.238 e. The van der Waals surface area contributed by atoms with Crippen LogP contribution in [0.2, 0.25) is 0 Å². The van der Waals surface area contributed by atoms with Crippen LogP contribution in [0.4, 0.5) is 11.5 Å². The van der Waals surface area contributed by atoms with Crippen LogP contribution in [0, 0.1) is 5.92 Å². The van der Waals surface area contributed by atoms with Crippen LogP contribution >= 0.6 is 0 Å². The maximum Gasteiger partial charge on any atom is 0.238 e. The summed E-state index contributed by atoms with van der Waals surface area (Å²) in [7, 11) is 0. The van der Waals surface area contributed by atoms with Crippen molar-refractivity contribution in [3.8, 4) is 11.3 Å². The zero-order valence-corrected chi connectivity index (χ0v) is 29.3. The summed E-state index contributed by atoms with van der Waals surface area (Å²) in [5.74, 6) is 1.56. The maximum atomic E-state index is 14.9. The lowest BCUT2D eigenvalue weighted by Gasteiger charge is -2.48. The minimum atomic E-state index is -0.568. The van der Waals surface area contributed by atoms with E-state index in [1.807, 2.05) is 6.33 Å². The number of nitrogens with one attached hydrogen (secondary N) is 2. The van der Waals surface area contributed by atoms with Gasteiger partial charge in [0.2, 0.25) is 11.8 Å². The van der Waals surface area contributed by atoms with Gasteiger partial charge in [0.05, 0.1) is 23.0 Å². The molecule has 6 heterocycles. The Bertz CT molecular complexity index is 1740. The number of likely N-dealkylation sites (tertiary alicyclic amines) is 2. The Morgan fingerprint density at radius 3 is 2.43 bits per heavy atom. The first-order chi connectivity index (χ1) is 23.9. The van der Waals surface area contributed by atoms with Gasteiger partial charge in [-0.15, -0.1) is 0 Å². The van der Waals surface area contributed by atoms with Crippen molar-refractivity contribution in [3.63, 3.8) is 0 Å². The van der Waals surface area contributed by atoms with Crippen molar-refractivity contribution in [1.82, 2.24) is 29.7 Å². The number of carbonyl (C=O) groups excluding carboxylic acids is 2. The molecule has 0 unspecified atom stereocenters. The highest BCUT2D eigenvalue weighted by Gasteiger charge is 2.56. The van der Waals surface area contributed by atoms with E-state index in [4.69, 9.17) is 9.97 Å². The molecule has 9 rings (SSSR count). The lowest BCUT2D eigenvalue weighted by molar-refractivity contribution is -0.140. The Balaban J connectivity index is 1.05. The third kappa shape index (κ3) is 5.44. The van der Waals surface area contributed by atoms with Crippen molar-refractivity contribution in [2.75, 3.05) is 49.5 Å². The minimum Gasteiger partial charge on any atom is -0.366 e. The summed E-state index contributed by atoms with van der Waals surface area (Å²) < 4.78 is 2.21. The van der Waals surface area contributed by atoms with Gasteiger partial charge in [-0.25, -0.2) is 9.97 Å². The van der Waals surface area contributed by atoms with Gasteiger partial charge in [0.15, 0.2) is 5.82 Å². The number of anilines is 2. The summed E-state index contributed by atoms with van der Waals surface area (Å²) in [4.78, 5) is 45.4. The van der Waals surface area contributed by atoms with E-state index >= 15 is 0 Å². The van der Waals surface area contributed by atoms with Gasteiger partial charge in [-0.1, -0.05) is 18.6 Å². The SMILES string of the molecule is CC(C)n1cnc2cc(-c3ccc4c(c3)N([C@H]3C[C@@H](N5CCCCC5)C3)C(=O)C43CCN(C(=O)C4CCNCC4)CC3)nc(NC3CC3)c21. The monoisotopic (exact) mass is 664 g/mol. The fourth-order valence-corrected chi connectivity index (χ4v) is 9.50. The Kier molecular flexibility index (Phi) is 7.95. The van der Waals surface area contributed by atoms with E-state index < -0.39 is 5.41 Å². The molecule has 49 heavy (non-hydrogen) atoms. The second kappa shape index (κ2) is 12.4. The van der Waals surface area contributed by atoms with Crippen molar-refractivity contribution < 1.29 is 9.59 Å². The molecule has 10 heteroatoms. The van der Waals surface area contributed by atoms with Crippen LogP contribution in [0.3, 0.4) is 0 Å². The zero-order chi connectivity index (χ0) is 33.3. The van der Waals surface area contributed by atoms with Gasteiger partial charge in [-0.05, 0) is 122 Å². The molecule has 2 saturated carbocycles. The van der Waals surface area contributed by atoms with Gasteiger partial charge in [0.25, 0.3) is 0 Å². The molecule has 4 aliphatic heterocycles. The number of carbonyl (C=O) groups is 2. The molecule has 2 aromatic heterocycles. The largest absolute Gasteiger partial charge is 0.366 e. The van der Waals surface area contributed by atoms with Crippen LogP contribution in [0.15, 0.2) is 30.6 Å². The summed E-state index contributed by atoms with van der Waals surface area (Å²) in [6, 6.07) is 10.3. The number of hydrogen-bond donors (Lipinski definition) is 2. The second-order valence-corrected chi connectivity index (χ2v) is 16.1. The lowest BCUT2D eigenvalue weighted by atomic mass is 9.73. The van der Waals surface area contributed by atoms with Gasteiger partial charge >= 0.3 is 0 Å². The third-order valence-electron chi connectivity index (χ3n) is 12.7. The Hall–Kier alpha value is -3.50. The predicted molar refractivity (Wildman–Crippen MR) is 193 cm³/mol. The van der Waals surface area contributed by atoms with Crippen LogP contribution in [0.25, 0.3) is 22.3 Å². The Labute approximate surface area is 290 Å². The number of piperidine rings is 3. The summed E-state index contributed by atoms with van der Waals surface area (Å²) in [5, 5.41) is 7.08. The van der Waals surface area contributed by atoms with Crippen LogP contribution in [-0.4, -0.2) is 93.5 Å². The fourth-order valence-electron chi connectivity index (χ4n) is 9.50. The highest BCUT2D eigenvalue weighted by Crippen LogP contribution is 2.52. The van der Waals surface area contributed by atoms with Crippen molar-refractivity contribution >= 4 is 34.4 Å². The third-order valence-corrected chi connectivity index (χ3v) is 12.7. The minimum absolute atomic E-state index is 0.110. The number of fused-ring (bicyclic) bond motifs is 3. The van der Waals surface area contributed by atoms with Gasteiger partial charge in [0.1, 0.15) is 5.52 Å². The highest BCUT2D eigenvalue weighted by atomic mass is 16.2. The van der Waals surface area contributed by atoms with E-state index in [2.05, 4.69) is 68.0 Å². The quantitative estimate of drug-likeness (QED) is 0.346. The number of amides is 2. The average Bonchev–Trinajstić information content (AvgIpc) is 3.77. The Morgan fingerprint density at radius 2 is 1.71 bits per heavy atom. The van der Waals surface area contributed by atoms with E-state index in [1.165, 1.54) is 45.2 Å². The molecular formula is C39H52N8O2. The standard InChI is InChI=1S/C39H52N8O2/c1-25(2)46-24-41-33-23-32(43-36(35(33)46)42-28-7-8-28)27-6-9-31-34(20-27)47(30-21-29(22-30)44-16-4-3-5-17-44)38(49)39(31)12-18-45(19-13-39)37(48)26-10-14-40-15-11-26/h6,9,20,23-26,28-30,40H,3-5,7-8,10-19,21-22H2,1-2H3,(H,42,43)/t29-,30+. The molecule has 260 valence electrons. The fraction of sp³-hybridized carbons (Fsp3) is 0.641. The number of rotatable bonds is 7. The first-order valence-electron chi connectivity index (χ1n) is 19.3. The molecule has 1 aromatic carbocycles. The molecule has 2 amide bonds. The topological polar surface area (TPSA) is 98.6 Å². The number of nitrogens with zero attached hydrogens (tertiary/aromatic N) is 6. The van der Waals surface area contributed by atoms with Gasteiger partial charge in [0, 0.05) is 54.4 Å². The molecule has 2 N–H and O–H groups in total. The van der Waals surface area contributed by atoms with Crippen LogP contribution in [0.1, 0.15) is 96.1 Å². The van der Waals surface area contributed by atoms with E-state index in [-0.39, 0.29) is 29.8 Å². The van der Waals surface area contributed by atoms with Crippen molar-refractivity contribution in [1.29, 1.82) is 0 Å².